The first-order valence-corrected chi connectivity index (χ1v) is 10.6. The number of aromatic nitrogens is 2. The van der Waals surface area contributed by atoms with Crippen molar-refractivity contribution in [3.05, 3.63) is 78.1 Å². The van der Waals surface area contributed by atoms with Gasteiger partial charge in [0, 0.05) is 17.4 Å². The summed E-state index contributed by atoms with van der Waals surface area (Å²) in [4.78, 5) is 24.8. The van der Waals surface area contributed by atoms with Gasteiger partial charge in [0.15, 0.2) is 6.10 Å². The number of rotatable bonds is 7. The van der Waals surface area contributed by atoms with E-state index in [9.17, 15) is 18.0 Å². The molecule has 0 spiro atoms. The Hall–Kier alpha value is -3.46. The van der Waals surface area contributed by atoms with Crippen LogP contribution in [0.15, 0.2) is 67.0 Å². The number of para-hydroxylation sites is 1. The largest absolute Gasteiger partial charge is 0.451 e. The van der Waals surface area contributed by atoms with E-state index in [1.165, 1.54) is 48.3 Å². The van der Waals surface area contributed by atoms with Gasteiger partial charge in [-0.05, 0) is 43.3 Å². The van der Waals surface area contributed by atoms with Crippen LogP contribution in [0.5, 0.6) is 0 Å². The summed E-state index contributed by atoms with van der Waals surface area (Å²) in [5.74, 6) is -1.07. The number of hydrogen-bond donors (Lipinski definition) is 1. The molecule has 0 radical (unpaired) electrons. The zero-order valence-electron chi connectivity index (χ0n) is 15.8. The zero-order valence-corrected chi connectivity index (χ0v) is 16.6. The Kier molecular flexibility index (Phi) is 5.79. The van der Waals surface area contributed by atoms with Crippen molar-refractivity contribution in [2.45, 2.75) is 13.0 Å². The second-order valence-electron chi connectivity index (χ2n) is 6.37. The average Bonchev–Trinajstić information content (AvgIpc) is 3.18. The molecule has 1 heterocycles. The number of Topliss-reactive ketones (excluding diaryl/α,β-unsaturated/α-hetero) is 1. The first-order chi connectivity index (χ1) is 13.7. The number of benzene rings is 2. The fourth-order valence-corrected chi connectivity index (χ4v) is 3.15. The Labute approximate surface area is 168 Å². The van der Waals surface area contributed by atoms with Gasteiger partial charge in [0.25, 0.3) is 0 Å². The van der Waals surface area contributed by atoms with Crippen LogP contribution < -0.4 is 4.72 Å². The number of ketones is 1. The molecule has 8 nitrogen and oxygen atoms in total. The summed E-state index contributed by atoms with van der Waals surface area (Å²) in [6.45, 7) is 1.48. The van der Waals surface area contributed by atoms with E-state index in [2.05, 4.69) is 9.82 Å². The number of nitrogens with one attached hydrogen (secondary N) is 1. The Balaban J connectivity index is 1.65. The van der Waals surface area contributed by atoms with Crippen LogP contribution in [0.1, 0.15) is 27.6 Å². The van der Waals surface area contributed by atoms with Crippen molar-refractivity contribution in [3.63, 3.8) is 0 Å². The summed E-state index contributed by atoms with van der Waals surface area (Å²) in [6.07, 6.45) is 2.92. The van der Waals surface area contributed by atoms with E-state index in [-0.39, 0.29) is 5.56 Å². The SMILES string of the molecule is C[C@H](OC(=O)c1cnn(-c2ccccc2)c1)C(=O)c1ccc(NS(C)(=O)=O)cc1. The molecule has 0 aliphatic carbocycles. The predicted molar refractivity (Wildman–Crippen MR) is 108 cm³/mol. The predicted octanol–water partition coefficient (Wildman–Crippen LogP) is 2.67. The van der Waals surface area contributed by atoms with Gasteiger partial charge in [0.05, 0.1) is 23.7 Å². The molecule has 0 amide bonds. The molecular weight excluding hydrogens is 394 g/mol. The van der Waals surface area contributed by atoms with Crippen molar-refractivity contribution in [2.75, 3.05) is 11.0 Å². The Morgan fingerprint density at radius 3 is 2.31 bits per heavy atom. The van der Waals surface area contributed by atoms with Gasteiger partial charge in [0.1, 0.15) is 0 Å². The number of hydrogen-bond acceptors (Lipinski definition) is 6. The highest BCUT2D eigenvalue weighted by atomic mass is 32.2. The van der Waals surface area contributed by atoms with Crippen molar-refractivity contribution in [1.29, 1.82) is 0 Å². The molecule has 0 aliphatic rings. The van der Waals surface area contributed by atoms with E-state index >= 15 is 0 Å². The fraction of sp³-hybridized carbons (Fsp3) is 0.150. The van der Waals surface area contributed by atoms with Crippen molar-refractivity contribution < 1.29 is 22.7 Å². The minimum atomic E-state index is -3.40. The summed E-state index contributed by atoms with van der Waals surface area (Å²) in [6, 6.07) is 15.1. The average molecular weight is 413 g/mol. The van der Waals surface area contributed by atoms with Crippen molar-refractivity contribution in [1.82, 2.24) is 9.78 Å². The molecule has 0 saturated carbocycles. The Morgan fingerprint density at radius 1 is 1.03 bits per heavy atom. The summed E-state index contributed by atoms with van der Waals surface area (Å²) in [7, 11) is -3.40. The van der Waals surface area contributed by atoms with Crippen molar-refractivity contribution in [3.8, 4) is 5.69 Å². The van der Waals surface area contributed by atoms with Crippen LogP contribution in [-0.4, -0.2) is 42.3 Å². The zero-order chi connectivity index (χ0) is 21.0. The van der Waals surface area contributed by atoms with Gasteiger partial charge in [-0.3, -0.25) is 9.52 Å². The van der Waals surface area contributed by atoms with Crippen LogP contribution in [-0.2, 0) is 14.8 Å². The lowest BCUT2D eigenvalue weighted by atomic mass is 10.1. The molecule has 1 aromatic heterocycles. The third-order valence-corrected chi connectivity index (χ3v) is 4.57. The van der Waals surface area contributed by atoms with E-state index < -0.39 is 27.9 Å². The highest BCUT2D eigenvalue weighted by Crippen LogP contribution is 2.15. The number of esters is 1. The van der Waals surface area contributed by atoms with E-state index in [1.807, 2.05) is 30.3 Å². The number of nitrogens with zero attached hydrogens (tertiary/aromatic N) is 2. The molecule has 1 N–H and O–H groups in total. The van der Waals surface area contributed by atoms with Gasteiger partial charge in [-0.1, -0.05) is 18.2 Å². The maximum absolute atomic E-state index is 12.5. The molecule has 0 bridgehead atoms. The third kappa shape index (κ3) is 5.29. The van der Waals surface area contributed by atoms with Crippen molar-refractivity contribution >= 4 is 27.5 Å². The number of sulfonamides is 1. The maximum Gasteiger partial charge on any atom is 0.342 e. The highest BCUT2D eigenvalue weighted by molar-refractivity contribution is 7.92. The second kappa shape index (κ2) is 8.27. The molecule has 0 aliphatic heterocycles. The Bertz CT molecular complexity index is 1120. The lowest BCUT2D eigenvalue weighted by molar-refractivity contribution is 0.0319. The van der Waals surface area contributed by atoms with Crippen LogP contribution in [0.25, 0.3) is 5.69 Å². The Morgan fingerprint density at radius 2 is 1.69 bits per heavy atom. The van der Waals surface area contributed by atoms with Gasteiger partial charge in [-0.2, -0.15) is 5.10 Å². The van der Waals surface area contributed by atoms with E-state index in [1.54, 1.807) is 0 Å². The third-order valence-electron chi connectivity index (χ3n) is 3.96. The monoisotopic (exact) mass is 413 g/mol. The van der Waals surface area contributed by atoms with Gasteiger partial charge in [-0.25, -0.2) is 17.9 Å². The summed E-state index contributed by atoms with van der Waals surface area (Å²) in [5, 5.41) is 4.13. The number of carbonyl (C=O) groups excluding carboxylic acids is 2. The van der Waals surface area contributed by atoms with Gasteiger partial charge < -0.3 is 4.74 Å². The topological polar surface area (TPSA) is 107 Å². The molecule has 3 aromatic rings. The van der Waals surface area contributed by atoms with Crippen molar-refractivity contribution in [2.24, 2.45) is 0 Å². The molecule has 0 unspecified atom stereocenters. The van der Waals surface area contributed by atoms with Crippen LogP contribution in [0, 0.1) is 0 Å². The molecule has 3 rings (SSSR count). The maximum atomic E-state index is 12.5. The van der Waals surface area contributed by atoms with Crippen LogP contribution >= 0.6 is 0 Å². The molecule has 29 heavy (non-hydrogen) atoms. The standard InChI is InChI=1S/C20H19N3O5S/c1-14(19(24)15-8-10-17(11-9-15)22-29(2,26)27)28-20(25)16-12-21-23(13-16)18-6-4-3-5-7-18/h3-14,22H,1-2H3/t14-/m0/s1. The fourth-order valence-electron chi connectivity index (χ4n) is 2.58. The number of ether oxygens (including phenoxy) is 1. The second-order valence-corrected chi connectivity index (χ2v) is 8.12. The normalized spacial score (nSPS) is 12.2. The molecule has 0 fully saturated rings. The minimum absolute atomic E-state index is 0.223. The quantitative estimate of drug-likeness (QED) is 0.471. The molecule has 9 heteroatoms. The first kappa shape index (κ1) is 20.3. The molecule has 150 valence electrons. The summed E-state index contributed by atoms with van der Waals surface area (Å²) >= 11 is 0. The highest BCUT2D eigenvalue weighted by Gasteiger charge is 2.21. The minimum Gasteiger partial charge on any atom is -0.451 e. The lowest BCUT2D eigenvalue weighted by Crippen LogP contribution is -2.24. The van der Waals surface area contributed by atoms with Gasteiger partial charge in [-0.15, -0.1) is 0 Å². The van der Waals surface area contributed by atoms with Crippen LogP contribution in [0.3, 0.4) is 0 Å². The smallest absolute Gasteiger partial charge is 0.342 e. The summed E-state index contributed by atoms with van der Waals surface area (Å²) < 4.78 is 31.6. The summed E-state index contributed by atoms with van der Waals surface area (Å²) in [5.41, 5.74) is 1.64. The van der Waals surface area contributed by atoms with E-state index in [0.717, 1.165) is 11.9 Å². The van der Waals surface area contributed by atoms with Gasteiger partial charge >= 0.3 is 5.97 Å². The number of anilines is 1. The van der Waals surface area contributed by atoms with Gasteiger partial charge in [0.2, 0.25) is 15.8 Å². The first-order valence-electron chi connectivity index (χ1n) is 8.66. The lowest BCUT2D eigenvalue weighted by Gasteiger charge is -2.12. The molecule has 0 saturated heterocycles. The van der Waals surface area contributed by atoms with E-state index in [4.69, 9.17) is 4.74 Å². The van der Waals surface area contributed by atoms with Crippen LogP contribution in [0.4, 0.5) is 5.69 Å². The molecule has 2 aromatic carbocycles. The molecular formula is C20H19N3O5S. The molecule has 1 atom stereocenters. The number of carbonyl (C=O) groups is 2. The van der Waals surface area contributed by atoms with E-state index in [0.29, 0.717) is 11.3 Å². The van der Waals surface area contributed by atoms with Crippen LogP contribution in [0.2, 0.25) is 0 Å².